The highest BCUT2D eigenvalue weighted by Gasteiger charge is 2.20. The maximum atomic E-state index is 12.3. The Morgan fingerprint density at radius 2 is 1.74 bits per heavy atom. The normalized spacial score (nSPS) is 11.4. The van der Waals surface area contributed by atoms with Gasteiger partial charge in [0.25, 0.3) is 0 Å². The predicted molar refractivity (Wildman–Crippen MR) is 153 cm³/mol. The van der Waals surface area contributed by atoms with Crippen molar-refractivity contribution in [3.05, 3.63) is 86.7 Å². The highest BCUT2D eigenvalue weighted by atomic mass is 35.5. The molecule has 0 aliphatic heterocycles. The summed E-state index contributed by atoms with van der Waals surface area (Å²) in [6.07, 6.45) is 1.55. The molecule has 0 amide bonds. The summed E-state index contributed by atoms with van der Waals surface area (Å²) in [5, 5.41) is 20.1. The third-order valence-corrected chi connectivity index (χ3v) is 7.24. The van der Waals surface area contributed by atoms with Gasteiger partial charge in [0, 0.05) is 39.3 Å². The van der Waals surface area contributed by atoms with Crippen LogP contribution in [0.4, 0.5) is 0 Å². The third-order valence-electron chi connectivity index (χ3n) is 5.66. The number of benzene rings is 3. The Morgan fingerprint density at radius 1 is 1.03 bits per heavy atom. The van der Waals surface area contributed by atoms with Crippen LogP contribution in [-0.2, 0) is 17.9 Å². The lowest BCUT2D eigenvalue weighted by Crippen LogP contribution is -2.03. The summed E-state index contributed by atoms with van der Waals surface area (Å²) in [4.78, 5) is 12.3. The van der Waals surface area contributed by atoms with Crippen LogP contribution in [-0.4, -0.2) is 40.1 Å². The fourth-order valence-electron chi connectivity index (χ4n) is 3.70. The molecule has 0 atom stereocenters. The lowest BCUT2D eigenvalue weighted by molar-refractivity contribution is -0.131. The zero-order valence-corrected chi connectivity index (χ0v) is 23.7. The second-order valence-electron chi connectivity index (χ2n) is 8.13. The molecule has 0 spiro atoms. The number of ether oxygens (including phenoxy) is 3. The molecule has 0 radical (unpaired) electrons. The highest BCUT2D eigenvalue weighted by Crippen LogP contribution is 2.34. The van der Waals surface area contributed by atoms with Gasteiger partial charge in [0.2, 0.25) is 0 Å². The first kappa shape index (κ1) is 28.4. The van der Waals surface area contributed by atoms with E-state index in [1.165, 1.54) is 0 Å². The van der Waals surface area contributed by atoms with Crippen LogP contribution in [0.1, 0.15) is 18.1 Å². The largest absolute Gasteiger partial charge is 0.497 e. The summed E-state index contributed by atoms with van der Waals surface area (Å²) < 4.78 is 18.6. The molecule has 0 unspecified atom stereocenters. The molecule has 4 rings (SSSR count). The van der Waals surface area contributed by atoms with E-state index in [4.69, 9.17) is 37.4 Å². The highest BCUT2D eigenvalue weighted by molar-refractivity contribution is 8.04. The van der Waals surface area contributed by atoms with E-state index in [2.05, 4.69) is 10.2 Å². The van der Waals surface area contributed by atoms with Crippen molar-refractivity contribution < 1.29 is 24.1 Å². The molecule has 202 valence electrons. The molecule has 39 heavy (non-hydrogen) atoms. The Kier molecular flexibility index (Phi) is 9.40. The first-order valence-electron chi connectivity index (χ1n) is 11.8. The van der Waals surface area contributed by atoms with Gasteiger partial charge in [-0.05, 0) is 55.1 Å². The van der Waals surface area contributed by atoms with Crippen molar-refractivity contribution in [1.82, 2.24) is 14.8 Å². The topological polar surface area (TPSA) is 95.7 Å². The number of methoxy groups -OCH3 is 2. The smallest absolute Gasteiger partial charge is 0.342 e. The van der Waals surface area contributed by atoms with Crippen LogP contribution in [0.3, 0.4) is 0 Å². The maximum Gasteiger partial charge on any atom is 0.342 e. The molecule has 4 aromatic rings. The average molecular weight is 586 g/mol. The van der Waals surface area contributed by atoms with Crippen molar-refractivity contribution in [2.24, 2.45) is 0 Å². The first-order valence-corrected chi connectivity index (χ1v) is 13.4. The lowest BCUT2D eigenvalue weighted by Gasteiger charge is -2.12. The number of aliphatic carboxylic acids is 1. The molecule has 3 aromatic carbocycles. The van der Waals surface area contributed by atoms with E-state index >= 15 is 0 Å². The Morgan fingerprint density at radius 3 is 2.38 bits per heavy atom. The minimum Gasteiger partial charge on any atom is -0.497 e. The van der Waals surface area contributed by atoms with Gasteiger partial charge >= 0.3 is 5.97 Å². The van der Waals surface area contributed by atoms with Gasteiger partial charge in [-0.3, -0.25) is 0 Å². The number of carboxylic acids is 1. The maximum absolute atomic E-state index is 12.3. The number of hydrogen-bond acceptors (Lipinski definition) is 7. The number of carboxylic acid groups (broad SMARTS) is 1. The third kappa shape index (κ3) is 6.86. The summed E-state index contributed by atoms with van der Waals surface area (Å²) in [5.74, 6) is 1.17. The second-order valence-corrected chi connectivity index (χ2v) is 9.98. The summed E-state index contributed by atoms with van der Waals surface area (Å²) in [7, 11) is 3.14. The fourth-order valence-corrected chi connectivity index (χ4v) is 5.04. The summed E-state index contributed by atoms with van der Waals surface area (Å²) >= 11 is 13.3. The van der Waals surface area contributed by atoms with Crippen LogP contribution in [0.5, 0.6) is 17.2 Å². The Labute approximate surface area is 240 Å². The number of hydrogen-bond donors (Lipinski definition) is 1. The van der Waals surface area contributed by atoms with E-state index in [1.807, 2.05) is 29.7 Å². The van der Waals surface area contributed by atoms with E-state index in [-0.39, 0.29) is 11.5 Å². The molecular formula is C28H25Cl2N3O5S. The van der Waals surface area contributed by atoms with Crippen molar-refractivity contribution in [3.8, 4) is 28.6 Å². The van der Waals surface area contributed by atoms with E-state index < -0.39 is 5.97 Å². The number of para-hydroxylation sites is 1. The number of nitrogens with zero attached hydrogens (tertiary/aromatic N) is 3. The molecule has 0 saturated carbocycles. The Hall–Kier alpha value is -3.66. The minimum atomic E-state index is -1.11. The fraction of sp³-hybridized carbons (Fsp3) is 0.179. The number of thioether (sulfide) groups is 1. The molecule has 0 bridgehead atoms. The number of aromatic nitrogens is 3. The Balaban J connectivity index is 1.63. The van der Waals surface area contributed by atoms with Crippen LogP contribution < -0.4 is 14.2 Å². The first-order chi connectivity index (χ1) is 18.8. The van der Waals surface area contributed by atoms with Crippen molar-refractivity contribution in [1.29, 1.82) is 0 Å². The number of carbonyl (C=O) groups is 1. The summed E-state index contributed by atoms with van der Waals surface area (Å²) in [6, 6.07) is 17.7. The molecule has 1 heterocycles. The van der Waals surface area contributed by atoms with Crippen LogP contribution in [0.25, 0.3) is 17.5 Å². The van der Waals surface area contributed by atoms with E-state index in [1.54, 1.807) is 62.8 Å². The van der Waals surface area contributed by atoms with Gasteiger partial charge in [-0.1, -0.05) is 47.5 Å². The number of rotatable bonds is 11. The molecule has 1 N–H and O–H groups in total. The van der Waals surface area contributed by atoms with E-state index in [0.29, 0.717) is 50.4 Å². The molecule has 0 aliphatic rings. The van der Waals surface area contributed by atoms with Gasteiger partial charge in [-0.15, -0.1) is 10.2 Å². The molecular weight excluding hydrogens is 561 g/mol. The second kappa shape index (κ2) is 12.9. The van der Waals surface area contributed by atoms with Crippen molar-refractivity contribution >= 4 is 47.0 Å². The molecule has 8 nitrogen and oxygen atoms in total. The average Bonchev–Trinajstić information content (AvgIpc) is 3.35. The Bertz CT molecular complexity index is 1500. The van der Waals surface area contributed by atoms with Gasteiger partial charge in [0.15, 0.2) is 11.0 Å². The van der Waals surface area contributed by atoms with Crippen molar-refractivity contribution in [2.45, 2.75) is 25.2 Å². The van der Waals surface area contributed by atoms with E-state index in [9.17, 15) is 9.90 Å². The van der Waals surface area contributed by atoms with Crippen LogP contribution in [0, 0.1) is 0 Å². The zero-order chi connectivity index (χ0) is 27.9. The minimum absolute atomic E-state index is 0.0486. The standard InChI is InChI=1S/C28H25Cl2N3O5S/c1-4-33-26(19-11-21(36-2)15-22(12-19)37-3)31-32-28(33)39-25(27(34)35)13-17-7-5-6-8-24(17)38-16-18-9-10-20(29)14-23(18)30/h5-15H,4,16H2,1-3H3,(H,34,35)/b25-13-. The van der Waals surface area contributed by atoms with Gasteiger partial charge in [0.05, 0.1) is 14.2 Å². The summed E-state index contributed by atoms with van der Waals surface area (Å²) in [6.45, 7) is 2.63. The quantitative estimate of drug-likeness (QED) is 0.147. The SMILES string of the molecule is CCn1c(S/C(=C\c2ccccc2OCc2ccc(Cl)cc2Cl)C(=O)O)nnc1-c1cc(OC)cc(OC)c1. The monoisotopic (exact) mass is 585 g/mol. The predicted octanol–water partition coefficient (Wildman–Crippen LogP) is 7.09. The van der Waals surface area contributed by atoms with Gasteiger partial charge in [-0.25, -0.2) is 4.79 Å². The summed E-state index contributed by atoms with van der Waals surface area (Å²) in [5.41, 5.74) is 2.08. The van der Waals surface area contributed by atoms with Crippen molar-refractivity contribution in [3.63, 3.8) is 0 Å². The lowest BCUT2D eigenvalue weighted by atomic mass is 10.2. The molecule has 1 aromatic heterocycles. The molecule has 0 aliphatic carbocycles. The van der Waals surface area contributed by atoms with Crippen LogP contribution in [0.15, 0.2) is 70.7 Å². The molecule has 11 heteroatoms. The van der Waals surface area contributed by atoms with Gasteiger partial charge in [0.1, 0.15) is 28.8 Å². The molecule has 0 fully saturated rings. The van der Waals surface area contributed by atoms with Gasteiger partial charge in [-0.2, -0.15) is 0 Å². The zero-order valence-electron chi connectivity index (χ0n) is 21.4. The van der Waals surface area contributed by atoms with Crippen LogP contribution in [0.2, 0.25) is 10.0 Å². The van der Waals surface area contributed by atoms with E-state index in [0.717, 1.165) is 22.9 Å². The van der Waals surface area contributed by atoms with Gasteiger partial charge < -0.3 is 23.9 Å². The molecule has 0 saturated heterocycles. The van der Waals surface area contributed by atoms with Crippen LogP contribution >= 0.6 is 35.0 Å². The van der Waals surface area contributed by atoms with Crippen molar-refractivity contribution in [2.75, 3.05) is 14.2 Å². The number of halogens is 2.